The number of fused-ring (bicyclic) bond motifs is 1. The first kappa shape index (κ1) is 17.0. The third kappa shape index (κ3) is 2.99. The Bertz CT molecular complexity index is 1030. The molecule has 2 aromatic carbocycles. The molecule has 3 aromatic rings. The predicted molar refractivity (Wildman–Crippen MR) is 95.7 cm³/mol. The molecule has 0 saturated heterocycles. The second-order valence-corrected chi connectivity index (χ2v) is 5.92. The Morgan fingerprint density at radius 2 is 1.81 bits per heavy atom. The molecule has 0 saturated carbocycles. The van der Waals surface area contributed by atoms with Crippen LogP contribution in [0.2, 0.25) is 0 Å². The van der Waals surface area contributed by atoms with Crippen LogP contribution in [0.15, 0.2) is 48.8 Å². The Morgan fingerprint density at radius 3 is 2.56 bits per heavy atom. The van der Waals surface area contributed by atoms with E-state index in [2.05, 4.69) is 15.4 Å². The number of nitrogens with zero attached hydrogens (tertiary/aromatic N) is 3. The average molecular weight is 370 g/mol. The lowest BCUT2D eigenvalue weighted by Gasteiger charge is -2.25. The van der Waals surface area contributed by atoms with Crippen molar-refractivity contribution in [3.63, 3.8) is 0 Å². The lowest BCUT2D eigenvalue weighted by molar-refractivity contribution is 0.354. The summed E-state index contributed by atoms with van der Waals surface area (Å²) in [6.45, 7) is 0. The lowest BCUT2D eigenvalue weighted by atomic mass is 10.0. The summed E-state index contributed by atoms with van der Waals surface area (Å²) in [7, 11) is 3.13. The van der Waals surface area contributed by atoms with Crippen molar-refractivity contribution in [2.24, 2.45) is 0 Å². The van der Waals surface area contributed by atoms with E-state index in [1.165, 1.54) is 12.4 Å². The zero-order valence-corrected chi connectivity index (χ0v) is 14.6. The molecule has 2 heterocycles. The third-order valence-electron chi connectivity index (χ3n) is 4.39. The maximum absolute atomic E-state index is 13.7. The van der Waals surface area contributed by atoms with Crippen LogP contribution < -0.4 is 14.8 Å². The van der Waals surface area contributed by atoms with Crippen LogP contribution in [0.3, 0.4) is 0 Å². The van der Waals surface area contributed by atoms with E-state index in [0.29, 0.717) is 28.7 Å². The molecule has 1 atom stereocenters. The standard InChI is InChI=1S/C19H16F2N4O2/c1-26-17-6-4-12(8-18(17)27-2)16-9-15(24-19-22-10-23-25(16)19)11-3-5-13(20)14(21)7-11/h3-10,16H,1-2H3,(H,22,23,24)/t16-/m0/s1. The summed E-state index contributed by atoms with van der Waals surface area (Å²) >= 11 is 0. The monoisotopic (exact) mass is 370 g/mol. The SMILES string of the molecule is COc1ccc([C@@H]2C=C(c3ccc(F)c(F)c3)Nc3ncnn32)cc1OC. The van der Waals surface area contributed by atoms with Gasteiger partial charge in [0.05, 0.1) is 14.2 Å². The van der Waals surface area contributed by atoms with Crippen LogP contribution in [-0.4, -0.2) is 29.0 Å². The molecule has 1 N–H and O–H groups in total. The first-order valence-electron chi connectivity index (χ1n) is 8.16. The lowest BCUT2D eigenvalue weighted by Crippen LogP contribution is -2.20. The normalized spacial score (nSPS) is 15.6. The summed E-state index contributed by atoms with van der Waals surface area (Å²) in [6, 6.07) is 8.98. The van der Waals surface area contributed by atoms with Crippen LogP contribution in [0.25, 0.3) is 5.70 Å². The van der Waals surface area contributed by atoms with Crippen molar-refractivity contribution in [1.82, 2.24) is 14.8 Å². The molecule has 4 rings (SSSR count). The molecule has 27 heavy (non-hydrogen) atoms. The van der Waals surface area contributed by atoms with Gasteiger partial charge in [0.1, 0.15) is 12.4 Å². The minimum absolute atomic E-state index is 0.313. The van der Waals surface area contributed by atoms with E-state index in [9.17, 15) is 8.78 Å². The topological polar surface area (TPSA) is 61.2 Å². The van der Waals surface area contributed by atoms with Crippen molar-refractivity contribution < 1.29 is 18.3 Å². The predicted octanol–water partition coefficient (Wildman–Crippen LogP) is 3.63. The van der Waals surface area contributed by atoms with E-state index >= 15 is 0 Å². The van der Waals surface area contributed by atoms with Gasteiger partial charge in [-0.1, -0.05) is 6.07 Å². The van der Waals surface area contributed by atoms with Crippen LogP contribution in [0.5, 0.6) is 11.5 Å². The maximum Gasteiger partial charge on any atom is 0.226 e. The number of aromatic nitrogens is 3. The van der Waals surface area contributed by atoms with E-state index in [-0.39, 0.29) is 6.04 Å². The Balaban J connectivity index is 1.81. The van der Waals surface area contributed by atoms with Crippen LogP contribution in [0, 0.1) is 11.6 Å². The highest BCUT2D eigenvalue weighted by Crippen LogP contribution is 2.36. The highest BCUT2D eigenvalue weighted by Gasteiger charge is 2.24. The van der Waals surface area contributed by atoms with Gasteiger partial charge in [-0.05, 0) is 42.0 Å². The Labute approximate surface area is 154 Å². The molecular formula is C19H16F2N4O2. The van der Waals surface area contributed by atoms with Crippen molar-refractivity contribution in [2.45, 2.75) is 6.04 Å². The first-order valence-corrected chi connectivity index (χ1v) is 8.16. The van der Waals surface area contributed by atoms with E-state index in [1.807, 2.05) is 18.2 Å². The molecular weight excluding hydrogens is 354 g/mol. The largest absolute Gasteiger partial charge is 0.493 e. The molecule has 0 radical (unpaired) electrons. The molecule has 0 amide bonds. The van der Waals surface area contributed by atoms with Gasteiger partial charge in [-0.25, -0.2) is 13.5 Å². The zero-order valence-electron chi connectivity index (χ0n) is 14.6. The molecule has 0 fully saturated rings. The van der Waals surface area contributed by atoms with Gasteiger partial charge >= 0.3 is 0 Å². The molecule has 0 bridgehead atoms. The fourth-order valence-corrected chi connectivity index (χ4v) is 3.04. The fraction of sp³-hybridized carbons (Fsp3) is 0.158. The van der Waals surface area contributed by atoms with Crippen molar-refractivity contribution in [3.05, 3.63) is 71.6 Å². The maximum atomic E-state index is 13.7. The van der Waals surface area contributed by atoms with E-state index < -0.39 is 11.6 Å². The molecule has 0 unspecified atom stereocenters. The number of halogens is 2. The quantitative estimate of drug-likeness (QED) is 0.760. The number of nitrogens with one attached hydrogen (secondary N) is 1. The van der Waals surface area contributed by atoms with E-state index in [4.69, 9.17) is 9.47 Å². The number of rotatable bonds is 4. The van der Waals surface area contributed by atoms with Gasteiger partial charge in [0.15, 0.2) is 23.1 Å². The van der Waals surface area contributed by atoms with Crippen molar-refractivity contribution in [2.75, 3.05) is 19.5 Å². The number of benzene rings is 2. The second-order valence-electron chi connectivity index (χ2n) is 5.92. The van der Waals surface area contributed by atoms with Crippen LogP contribution in [-0.2, 0) is 0 Å². The average Bonchev–Trinajstić information content (AvgIpc) is 3.17. The number of hydrogen-bond donors (Lipinski definition) is 1. The number of allylic oxidation sites excluding steroid dienone is 1. The second kappa shape index (κ2) is 6.71. The number of hydrogen-bond acceptors (Lipinski definition) is 5. The van der Waals surface area contributed by atoms with Crippen LogP contribution in [0.4, 0.5) is 14.7 Å². The molecule has 1 aliphatic rings. The van der Waals surface area contributed by atoms with Gasteiger partial charge in [-0.3, -0.25) is 0 Å². The fourth-order valence-electron chi connectivity index (χ4n) is 3.04. The van der Waals surface area contributed by atoms with Crippen molar-refractivity contribution >= 4 is 11.6 Å². The molecule has 138 valence electrons. The number of anilines is 1. The Kier molecular flexibility index (Phi) is 4.23. The summed E-state index contributed by atoms with van der Waals surface area (Å²) in [5.41, 5.74) is 1.99. The summed E-state index contributed by atoms with van der Waals surface area (Å²) in [5.74, 6) is -0.117. The number of ether oxygens (including phenoxy) is 2. The van der Waals surface area contributed by atoms with Gasteiger partial charge in [0.2, 0.25) is 5.95 Å². The Morgan fingerprint density at radius 1 is 1.00 bits per heavy atom. The van der Waals surface area contributed by atoms with Gasteiger partial charge in [0.25, 0.3) is 0 Å². The summed E-state index contributed by atoms with van der Waals surface area (Å²) in [6.07, 6.45) is 3.30. The molecule has 0 spiro atoms. The smallest absolute Gasteiger partial charge is 0.226 e. The minimum Gasteiger partial charge on any atom is -0.493 e. The van der Waals surface area contributed by atoms with Crippen LogP contribution in [0.1, 0.15) is 17.2 Å². The van der Waals surface area contributed by atoms with E-state index in [1.54, 1.807) is 25.0 Å². The Hall–Kier alpha value is -3.42. The van der Waals surface area contributed by atoms with Crippen molar-refractivity contribution in [1.29, 1.82) is 0 Å². The first-order chi connectivity index (χ1) is 13.1. The minimum atomic E-state index is -0.912. The van der Waals surface area contributed by atoms with Crippen LogP contribution >= 0.6 is 0 Å². The van der Waals surface area contributed by atoms with Gasteiger partial charge in [-0.15, -0.1) is 0 Å². The molecule has 1 aromatic heterocycles. The highest BCUT2D eigenvalue weighted by molar-refractivity contribution is 5.77. The third-order valence-corrected chi connectivity index (χ3v) is 4.39. The summed E-state index contributed by atoms with van der Waals surface area (Å²) in [4.78, 5) is 4.20. The zero-order chi connectivity index (χ0) is 19.0. The summed E-state index contributed by atoms with van der Waals surface area (Å²) in [5, 5.41) is 7.36. The van der Waals surface area contributed by atoms with Crippen molar-refractivity contribution in [3.8, 4) is 11.5 Å². The highest BCUT2D eigenvalue weighted by atomic mass is 19.2. The molecule has 0 aliphatic carbocycles. The summed E-state index contributed by atoms with van der Waals surface area (Å²) < 4.78 is 39.3. The van der Waals surface area contributed by atoms with E-state index in [0.717, 1.165) is 17.7 Å². The number of methoxy groups -OCH3 is 2. The molecule has 6 nitrogen and oxygen atoms in total. The van der Waals surface area contributed by atoms with Gasteiger partial charge in [-0.2, -0.15) is 10.1 Å². The van der Waals surface area contributed by atoms with Gasteiger partial charge in [0, 0.05) is 11.3 Å². The van der Waals surface area contributed by atoms with Gasteiger partial charge < -0.3 is 14.8 Å². The molecule has 8 heteroatoms. The molecule has 1 aliphatic heterocycles.